The molecule has 0 saturated heterocycles. The van der Waals surface area contributed by atoms with Gasteiger partial charge in [-0.3, -0.25) is 9.48 Å². The van der Waals surface area contributed by atoms with Crippen molar-refractivity contribution in [2.24, 2.45) is 0 Å². The molecule has 0 fully saturated rings. The first-order chi connectivity index (χ1) is 11.7. The number of amides is 1. The zero-order valence-electron chi connectivity index (χ0n) is 14.2. The highest BCUT2D eigenvalue weighted by Gasteiger charge is 2.18. The number of aromatic nitrogens is 2. The summed E-state index contributed by atoms with van der Waals surface area (Å²) in [5.41, 5.74) is 3.25. The van der Waals surface area contributed by atoms with Gasteiger partial charge in [-0.1, -0.05) is 48.5 Å². The van der Waals surface area contributed by atoms with E-state index in [1.807, 2.05) is 61.0 Å². The fourth-order valence-corrected chi connectivity index (χ4v) is 2.95. The van der Waals surface area contributed by atoms with Crippen LogP contribution in [0.4, 0.5) is 0 Å². The van der Waals surface area contributed by atoms with Gasteiger partial charge in [0.1, 0.15) is 6.04 Å². The molecule has 0 aliphatic rings. The number of aryl methyl sites for hydroxylation is 2. The Labute approximate surface area is 142 Å². The third kappa shape index (κ3) is 3.48. The Hall–Kier alpha value is -2.62. The van der Waals surface area contributed by atoms with Gasteiger partial charge in [-0.2, -0.15) is 5.10 Å². The van der Waals surface area contributed by atoms with E-state index in [0.29, 0.717) is 6.54 Å². The number of hydrogen-bond acceptors (Lipinski definition) is 2. The lowest BCUT2D eigenvalue weighted by atomic mass is 10.1. The molecule has 1 heterocycles. The van der Waals surface area contributed by atoms with Gasteiger partial charge in [0, 0.05) is 11.9 Å². The molecule has 0 spiro atoms. The van der Waals surface area contributed by atoms with Gasteiger partial charge in [0.05, 0.1) is 11.2 Å². The van der Waals surface area contributed by atoms with E-state index in [1.54, 1.807) is 0 Å². The molecule has 124 valence electrons. The minimum absolute atomic E-state index is 0.0105. The van der Waals surface area contributed by atoms with Gasteiger partial charge < -0.3 is 5.32 Å². The Balaban J connectivity index is 1.58. The zero-order chi connectivity index (χ0) is 16.9. The molecule has 0 aliphatic carbocycles. The minimum Gasteiger partial charge on any atom is -0.354 e. The van der Waals surface area contributed by atoms with Crippen molar-refractivity contribution in [1.29, 1.82) is 0 Å². The van der Waals surface area contributed by atoms with Crippen LogP contribution in [0, 0.1) is 6.92 Å². The number of nitrogens with one attached hydrogen (secondary N) is 1. The summed E-state index contributed by atoms with van der Waals surface area (Å²) in [7, 11) is 0. The molecule has 1 aromatic heterocycles. The topological polar surface area (TPSA) is 46.9 Å². The molecular formula is C20H23N3O. The van der Waals surface area contributed by atoms with E-state index in [-0.39, 0.29) is 11.9 Å². The highest BCUT2D eigenvalue weighted by molar-refractivity contribution is 5.86. The predicted molar refractivity (Wildman–Crippen MR) is 97.0 cm³/mol. The summed E-state index contributed by atoms with van der Waals surface area (Å²) in [4.78, 5) is 12.4. The zero-order valence-corrected chi connectivity index (χ0v) is 14.2. The molecule has 0 aliphatic heterocycles. The summed E-state index contributed by atoms with van der Waals surface area (Å²) in [6, 6.07) is 18.0. The van der Waals surface area contributed by atoms with E-state index in [9.17, 15) is 4.79 Å². The maximum absolute atomic E-state index is 12.4. The van der Waals surface area contributed by atoms with Crippen LogP contribution in [0.2, 0.25) is 0 Å². The fraction of sp³-hybridized carbons (Fsp3) is 0.300. The number of hydrogen-bond donors (Lipinski definition) is 1. The number of carbonyl (C=O) groups is 1. The number of para-hydroxylation sites is 1. The van der Waals surface area contributed by atoms with E-state index >= 15 is 0 Å². The average Bonchev–Trinajstić information content (AvgIpc) is 2.96. The molecule has 0 radical (unpaired) electrons. The second-order valence-corrected chi connectivity index (χ2v) is 6.10. The van der Waals surface area contributed by atoms with Gasteiger partial charge in [-0.15, -0.1) is 0 Å². The SMILES string of the molecule is Cc1nn([C@H](C)C(=O)NCCCc2ccccc2)c2ccccc12. The Kier molecular flexibility index (Phi) is 4.94. The Morgan fingerprint density at radius 2 is 1.83 bits per heavy atom. The van der Waals surface area contributed by atoms with Gasteiger partial charge >= 0.3 is 0 Å². The smallest absolute Gasteiger partial charge is 0.244 e. The molecule has 1 atom stereocenters. The highest BCUT2D eigenvalue weighted by Crippen LogP contribution is 2.21. The first-order valence-electron chi connectivity index (χ1n) is 8.42. The van der Waals surface area contributed by atoms with Crippen LogP contribution in [-0.2, 0) is 11.2 Å². The summed E-state index contributed by atoms with van der Waals surface area (Å²) in [6.45, 7) is 4.55. The summed E-state index contributed by atoms with van der Waals surface area (Å²) >= 11 is 0. The summed E-state index contributed by atoms with van der Waals surface area (Å²) in [5.74, 6) is 0.0105. The van der Waals surface area contributed by atoms with Crippen LogP contribution in [0.5, 0.6) is 0 Å². The summed E-state index contributed by atoms with van der Waals surface area (Å²) in [6.07, 6.45) is 1.90. The third-order valence-corrected chi connectivity index (χ3v) is 4.33. The van der Waals surface area contributed by atoms with E-state index in [1.165, 1.54) is 5.56 Å². The van der Waals surface area contributed by atoms with Crippen molar-refractivity contribution in [3.8, 4) is 0 Å². The van der Waals surface area contributed by atoms with Gasteiger partial charge in [0.15, 0.2) is 0 Å². The third-order valence-electron chi connectivity index (χ3n) is 4.33. The average molecular weight is 321 g/mol. The van der Waals surface area contributed by atoms with E-state index in [0.717, 1.165) is 29.4 Å². The molecule has 0 bridgehead atoms. The van der Waals surface area contributed by atoms with Crippen molar-refractivity contribution in [2.75, 3.05) is 6.54 Å². The van der Waals surface area contributed by atoms with Gasteiger partial charge in [0.25, 0.3) is 0 Å². The van der Waals surface area contributed by atoms with E-state index < -0.39 is 0 Å². The predicted octanol–water partition coefficient (Wildman–Crippen LogP) is 3.65. The first-order valence-corrected chi connectivity index (χ1v) is 8.42. The molecule has 1 amide bonds. The van der Waals surface area contributed by atoms with Crippen LogP contribution in [0.3, 0.4) is 0 Å². The summed E-state index contributed by atoms with van der Waals surface area (Å²) in [5, 5.41) is 8.67. The van der Waals surface area contributed by atoms with Crippen molar-refractivity contribution in [3.63, 3.8) is 0 Å². The highest BCUT2D eigenvalue weighted by atomic mass is 16.2. The van der Waals surface area contributed by atoms with Crippen LogP contribution in [0.1, 0.15) is 30.6 Å². The van der Waals surface area contributed by atoms with Crippen LogP contribution in [0.25, 0.3) is 10.9 Å². The van der Waals surface area contributed by atoms with Crippen LogP contribution in [-0.4, -0.2) is 22.2 Å². The second kappa shape index (κ2) is 7.30. The van der Waals surface area contributed by atoms with E-state index in [4.69, 9.17) is 0 Å². The van der Waals surface area contributed by atoms with E-state index in [2.05, 4.69) is 22.5 Å². The minimum atomic E-state index is -0.319. The van der Waals surface area contributed by atoms with Crippen molar-refractivity contribution in [1.82, 2.24) is 15.1 Å². The Morgan fingerprint density at radius 3 is 2.62 bits per heavy atom. The molecule has 4 nitrogen and oxygen atoms in total. The molecular weight excluding hydrogens is 298 g/mol. The first kappa shape index (κ1) is 16.2. The molecule has 4 heteroatoms. The number of benzene rings is 2. The van der Waals surface area contributed by atoms with Crippen molar-refractivity contribution < 1.29 is 4.79 Å². The Bertz CT molecular complexity index is 823. The van der Waals surface area contributed by atoms with Crippen LogP contribution < -0.4 is 5.32 Å². The lowest BCUT2D eigenvalue weighted by Gasteiger charge is -2.14. The Morgan fingerprint density at radius 1 is 1.12 bits per heavy atom. The standard InChI is InChI=1S/C20H23N3O/c1-15-18-12-6-7-13-19(18)23(22-15)16(2)20(24)21-14-8-11-17-9-4-3-5-10-17/h3-7,9-10,12-13,16H,8,11,14H2,1-2H3,(H,21,24)/t16-/m1/s1. The van der Waals surface area contributed by atoms with Crippen molar-refractivity contribution in [3.05, 3.63) is 65.9 Å². The number of carbonyl (C=O) groups excluding carboxylic acids is 1. The van der Waals surface area contributed by atoms with Crippen LogP contribution >= 0.6 is 0 Å². The van der Waals surface area contributed by atoms with Crippen molar-refractivity contribution >= 4 is 16.8 Å². The lowest BCUT2D eigenvalue weighted by Crippen LogP contribution is -2.32. The number of fused-ring (bicyclic) bond motifs is 1. The van der Waals surface area contributed by atoms with Gasteiger partial charge in [-0.05, 0) is 38.3 Å². The number of nitrogens with zero attached hydrogens (tertiary/aromatic N) is 2. The molecule has 3 rings (SSSR count). The fourth-order valence-electron chi connectivity index (χ4n) is 2.95. The molecule has 3 aromatic rings. The quantitative estimate of drug-likeness (QED) is 0.704. The molecule has 0 unspecified atom stereocenters. The summed E-state index contributed by atoms with van der Waals surface area (Å²) < 4.78 is 1.82. The lowest BCUT2D eigenvalue weighted by molar-refractivity contribution is -0.124. The molecule has 24 heavy (non-hydrogen) atoms. The molecule has 1 N–H and O–H groups in total. The monoisotopic (exact) mass is 321 g/mol. The van der Waals surface area contributed by atoms with Gasteiger partial charge in [0.2, 0.25) is 5.91 Å². The maximum atomic E-state index is 12.4. The molecule has 0 saturated carbocycles. The molecule has 2 aromatic carbocycles. The largest absolute Gasteiger partial charge is 0.354 e. The normalized spacial score (nSPS) is 12.2. The second-order valence-electron chi connectivity index (χ2n) is 6.10. The van der Waals surface area contributed by atoms with Crippen LogP contribution in [0.15, 0.2) is 54.6 Å². The van der Waals surface area contributed by atoms with Crippen molar-refractivity contribution in [2.45, 2.75) is 32.7 Å². The van der Waals surface area contributed by atoms with Gasteiger partial charge in [-0.25, -0.2) is 0 Å². The number of rotatable bonds is 6. The maximum Gasteiger partial charge on any atom is 0.244 e.